The van der Waals surface area contributed by atoms with Gasteiger partial charge in [0, 0.05) is 6.42 Å². The number of halogens is 1. The third-order valence-corrected chi connectivity index (χ3v) is 3.26. The van der Waals surface area contributed by atoms with E-state index in [1.54, 1.807) is 0 Å². The minimum absolute atomic E-state index is 0.638. The Morgan fingerprint density at radius 1 is 1.29 bits per heavy atom. The van der Waals surface area contributed by atoms with Gasteiger partial charge in [-0.2, -0.15) is 0 Å². The Bertz CT molecular complexity index is 407. The van der Waals surface area contributed by atoms with E-state index in [0.29, 0.717) is 30.5 Å². The molecule has 0 aromatic heterocycles. The molecule has 3 nitrogen and oxygen atoms in total. The predicted octanol–water partition coefficient (Wildman–Crippen LogP) is 2.70. The number of ether oxygens (including phenoxy) is 2. The molecule has 0 spiro atoms. The van der Waals surface area contributed by atoms with E-state index in [4.69, 9.17) is 26.8 Å². The van der Waals surface area contributed by atoms with Crippen molar-refractivity contribution in [3.05, 3.63) is 22.2 Å². The first kappa shape index (κ1) is 12.5. The molecule has 0 amide bonds. The van der Waals surface area contributed by atoms with Gasteiger partial charge in [0.2, 0.25) is 0 Å². The van der Waals surface area contributed by atoms with E-state index < -0.39 is 0 Å². The van der Waals surface area contributed by atoms with E-state index in [1.165, 1.54) is 5.56 Å². The number of nitrogens with two attached hydrogens (primary N) is 1. The van der Waals surface area contributed by atoms with Gasteiger partial charge in [-0.1, -0.05) is 11.6 Å². The molecular weight excluding hydrogens is 238 g/mol. The summed E-state index contributed by atoms with van der Waals surface area (Å²) in [5, 5.41) is 0.638. The van der Waals surface area contributed by atoms with Crippen LogP contribution < -0.4 is 15.2 Å². The van der Waals surface area contributed by atoms with Gasteiger partial charge in [0.1, 0.15) is 0 Å². The van der Waals surface area contributed by atoms with Crippen LogP contribution in [0.3, 0.4) is 0 Å². The van der Waals surface area contributed by atoms with Crippen LogP contribution in [-0.4, -0.2) is 19.8 Å². The molecule has 0 aliphatic carbocycles. The van der Waals surface area contributed by atoms with Gasteiger partial charge in [-0.25, -0.2) is 0 Å². The number of aryl methyl sites for hydroxylation is 1. The van der Waals surface area contributed by atoms with E-state index in [0.717, 1.165) is 30.6 Å². The summed E-state index contributed by atoms with van der Waals surface area (Å²) in [6.07, 6.45) is 2.78. The highest BCUT2D eigenvalue weighted by molar-refractivity contribution is 6.32. The summed E-state index contributed by atoms with van der Waals surface area (Å²) in [7, 11) is 0. The van der Waals surface area contributed by atoms with Crippen LogP contribution >= 0.6 is 11.6 Å². The van der Waals surface area contributed by atoms with Crippen molar-refractivity contribution in [2.24, 2.45) is 5.73 Å². The Balaban J connectivity index is 2.38. The number of fused-ring (bicyclic) bond motifs is 1. The van der Waals surface area contributed by atoms with Crippen molar-refractivity contribution in [2.75, 3.05) is 19.8 Å². The quantitative estimate of drug-likeness (QED) is 0.903. The second kappa shape index (κ2) is 5.61. The fourth-order valence-electron chi connectivity index (χ4n) is 2.02. The Morgan fingerprint density at radius 2 is 2.00 bits per heavy atom. The Kier molecular flexibility index (Phi) is 4.13. The zero-order chi connectivity index (χ0) is 12.3. The van der Waals surface area contributed by atoms with Crippen LogP contribution in [-0.2, 0) is 6.42 Å². The molecule has 0 fully saturated rings. The first-order chi connectivity index (χ1) is 8.24. The Labute approximate surface area is 107 Å². The molecule has 0 radical (unpaired) electrons. The maximum absolute atomic E-state index is 6.23. The van der Waals surface area contributed by atoms with Crippen molar-refractivity contribution >= 4 is 11.6 Å². The summed E-state index contributed by atoms with van der Waals surface area (Å²) >= 11 is 6.23. The standard InChI is InChI=1S/C13H18ClNO2/c1-9-10(4-2-5-15)8-11(14)13-12(9)16-6-3-7-17-13/h8H,2-7,15H2,1H3. The maximum atomic E-state index is 6.23. The van der Waals surface area contributed by atoms with Crippen molar-refractivity contribution in [2.45, 2.75) is 26.2 Å². The van der Waals surface area contributed by atoms with Crippen LogP contribution in [0.5, 0.6) is 11.5 Å². The van der Waals surface area contributed by atoms with Gasteiger partial charge in [0.05, 0.1) is 18.2 Å². The molecule has 1 aliphatic heterocycles. The van der Waals surface area contributed by atoms with E-state index in [-0.39, 0.29) is 0 Å². The lowest BCUT2D eigenvalue weighted by molar-refractivity contribution is 0.296. The van der Waals surface area contributed by atoms with Gasteiger partial charge in [-0.3, -0.25) is 0 Å². The third-order valence-electron chi connectivity index (χ3n) is 2.98. The monoisotopic (exact) mass is 255 g/mol. The second-order valence-electron chi connectivity index (χ2n) is 4.24. The molecule has 0 saturated heterocycles. The van der Waals surface area contributed by atoms with Crippen molar-refractivity contribution < 1.29 is 9.47 Å². The summed E-state index contributed by atoms with van der Waals surface area (Å²) in [6, 6.07) is 1.97. The average Bonchev–Trinajstić information content (AvgIpc) is 2.58. The van der Waals surface area contributed by atoms with Gasteiger partial charge >= 0.3 is 0 Å². The van der Waals surface area contributed by atoms with Gasteiger partial charge in [0.25, 0.3) is 0 Å². The zero-order valence-corrected chi connectivity index (χ0v) is 10.8. The molecular formula is C13H18ClNO2. The highest BCUT2D eigenvalue weighted by Crippen LogP contribution is 2.41. The number of benzene rings is 1. The van der Waals surface area contributed by atoms with Gasteiger partial charge < -0.3 is 15.2 Å². The molecule has 1 aromatic carbocycles. The molecule has 0 atom stereocenters. The van der Waals surface area contributed by atoms with E-state index in [9.17, 15) is 0 Å². The lowest BCUT2D eigenvalue weighted by atomic mass is 10.0. The molecule has 2 rings (SSSR count). The van der Waals surface area contributed by atoms with Gasteiger partial charge in [-0.15, -0.1) is 0 Å². The lowest BCUT2D eigenvalue weighted by Gasteiger charge is -2.15. The number of rotatable bonds is 3. The average molecular weight is 256 g/mol. The van der Waals surface area contributed by atoms with Crippen molar-refractivity contribution in [3.63, 3.8) is 0 Å². The first-order valence-electron chi connectivity index (χ1n) is 6.01. The molecule has 17 heavy (non-hydrogen) atoms. The minimum Gasteiger partial charge on any atom is -0.489 e. The topological polar surface area (TPSA) is 44.5 Å². The normalized spacial score (nSPS) is 14.5. The SMILES string of the molecule is Cc1c(CCCN)cc(Cl)c2c1OCCCO2. The lowest BCUT2D eigenvalue weighted by Crippen LogP contribution is -2.03. The molecule has 4 heteroatoms. The van der Waals surface area contributed by atoms with Crippen LogP contribution in [0, 0.1) is 6.92 Å². The summed E-state index contributed by atoms with van der Waals surface area (Å²) in [5.41, 5.74) is 7.86. The van der Waals surface area contributed by atoms with Crippen LogP contribution in [0.15, 0.2) is 6.07 Å². The highest BCUT2D eigenvalue weighted by Gasteiger charge is 2.19. The Morgan fingerprint density at radius 3 is 2.71 bits per heavy atom. The summed E-state index contributed by atoms with van der Waals surface area (Å²) in [5.74, 6) is 1.50. The van der Waals surface area contributed by atoms with Gasteiger partial charge in [0.15, 0.2) is 11.5 Å². The molecule has 0 bridgehead atoms. The molecule has 1 heterocycles. The first-order valence-corrected chi connectivity index (χ1v) is 6.39. The molecule has 94 valence electrons. The number of hydrogen-bond acceptors (Lipinski definition) is 3. The van der Waals surface area contributed by atoms with Crippen LogP contribution in [0.2, 0.25) is 5.02 Å². The summed E-state index contributed by atoms with van der Waals surface area (Å²) in [6.45, 7) is 4.08. The second-order valence-corrected chi connectivity index (χ2v) is 4.65. The largest absolute Gasteiger partial charge is 0.489 e. The summed E-state index contributed by atoms with van der Waals surface area (Å²) < 4.78 is 11.4. The van der Waals surface area contributed by atoms with Gasteiger partial charge in [-0.05, 0) is 43.5 Å². The molecule has 0 unspecified atom stereocenters. The third kappa shape index (κ3) is 2.67. The molecule has 0 saturated carbocycles. The van der Waals surface area contributed by atoms with Crippen molar-refractivity contribution in [1.29, 1.82) is 0 Å². The highest BCUT2D eigenvalue weighted by atomic mass is 35.5. The van der Waals surface area contributed by atoms with E-state index >= 15 is 0 Å². The summed E-state index contributed by atoms with van der Waals surface area (Å²) in [4.78, 5) is 0. The fourth-order valence-corrected chi connectivity index (χ4v) is 2.29. The smallest absolute Gasteiger partial charge is 0.180 e. The fraction of sp³-hybridized carbons (Fsp3) is 0.538. The van der Waals surface area contributed by atoms with Crippen LogP contribution in [0.4, 0.5) is 0 Å². The Hall–Kier alpha value is -0.930. The van der Waals surface area contributed by atoms with Crippen LogP contribution in [0.1, 0.15) is 24.0 Å². The minimum atomic E-state index is 0.638. The van der Waals surface area contributed by atoms with Crippen molar-refractivity contribution in [3.8, 4) is 11.5 Å². The number of hydrogen-bond donors (Lipinski definition) is 1. The molecule has 2 N–H and O–H groups in total. The van der Waals surface area contributed by atoms with Crippen molar-refractivity contribution in [1.82, 2.24) is 0 Å². The zero-order valence-electron chi connectivity index (χ0n) is 10.1. The predicted molar refractivity (Wildman–Crippen MR) is 69.2 cm³/mol. The molecule has 1 aromatic rings. The molecule has 1 aliphatic rings. The maximum Gasteiger partial charge on any atom is 0.180 e. The van der Waals surface area contributed by atoms with E-state index in [1.807, 2.05) is 6.07 Å². The van der Waals surface area contributed by atoms with E-state index in [2.05, 4.69) is 6.92 Å². The van der Waals surface area contributed by atoms with Crippen LogP contribution in [0.25, 0.3) is 0 Å².